The van der Waals surface area contributed by atoms with Crippen LogP contribution in [0.1, 0.15) is 12.0 Å². The second-order valence-electron chi connectivity index (χ2n) is 3.41. The van der Waals surface area contributed by atoms with Crippen molar-refractivity contribution >= 4 is 11.3 Å². The van der Waals surface area contributed by atoms with Gasteiger partial charge in [0, 0.05) is 14.2 Å². The third-order valence-corrected chi connectivity index (χ3v) is 3.22. The van der Waals surface area contributed by atoms with Gasteiger partial charge in [-0.3, -0.25) is 0 Å². The lowest BCUT2D eigenvalue weighted by Gasteiger charge is -2.24. The van der Waals surface area contributed by atoms with Crippen molar-refractivity contribution in [1.29, 1.82) is 0 Å². The van der Waals surface area contributed by atoms with Gasteiger partial charge in [0.25, 0.3) is 0 Å². The molecule has 0 saturated heterocycles. The normalized spacial score (nSPS) is 13.3. The highest BCUT2D eigenvalue weighted by molar-refractivity contribution is 7.07. The molecule has 0 radical (unpaired) electrons. The van der Waals surface area contributed by atoms with Crippen molar-refractivity contribution in [3.05, 3.63) is 22.4 Å². The van der Waals surface area contributed by atoms with E-state index in [9.17, 15) is 0 Å². The van der Waals surface area contributed by atoms with Crippen LogP contribution in [0.5, 0.6) is 0 Å². The second-order valence-corrected chi connectivity index (χ2v) is 4.19. The lowest BCUT2D eigenvalue weighted by Crippen LogP contribution is -2.40. The fourth-order valence-electron chi connectivity index (χ4n) is 1.60. The Labute approximate surface area is 95.4 Å². The van der Waals surface area contributed by atoms with E-state index in [1.807, 2.05) is 7.05 Å². The third-order valence-electron chi connectivity index (χ3n) is 2.49. The molecule has 1 heterocycles. The number of methoxy groups -OCH3 is 2. The topological polar surface area (TPSA) is 30.5 Å². The number of nitrogens with one attached hydrogen (secondary N) is 1. The van der Waals surface area contributed by atoms with E-state index in [1.54, 1.807) is 25.6 Å². The van der Waals surface area contributed by atoms with Crippen molar-refractivity contribution in [3.8, 4) is 0 Å². The van der Waals surface area contributed by atoms with Crippen LogP contribution in [0.15, 0.2) is 16.8 Å². The van der Waals surface area contributed by atoms with Crippen molar-refractivity contribution in [2.45, 2.75) is 25.2 Å². The summed E-state index contributed by atoms with van der Waals surface area (Å²) in [4.78, 5) is 0. The summed E-state index contributed by atoms with van der Waals surface area (Å²) in [6.45, 7) is 0. The molecule has 1 unspecified atom stereocenters. The average Bonchev–Trinajstić information content (AvgIpc) is 2.77. The highest BCUT2D eigenvalue weighted by Crippen LogP contribution is 2.12. The maximum absolute atomic E-state index is 5.24. The lowest BCUT2D eigenvalue weighted by atomic mass is 10.1. The van der Waals surface area contributed by atoms with Gasteiger partial charge in [0.05, 0.1) is 6.04 Å². The number of rotatable bonds is 7. The molecule has 0 fully saturated rings. The van der Waals surface area contributed by atoms with Crippen molar-refractivity contribution in [2.75, 3.05) is 21.3 Å². The third kappa shape index (κ3) is 3.91. The summed E-state index contributed by atoms with van der Waals surface area (Å²) in [6.07, 6.45) is 1.89. The van der Waals surface area contributed by atoms with Crippen molar-refractivity contribution in [1.82, 2.24) is 5.32 Å². The SMILES string of the molecule is CNC(CCc1ccsc1)C(OC)OC. The van der Waals surface area contributed by atoms with Gasteiger partial charge in [-0.15, -0.1) is 0 Å². The zero-order valence-corrected chi connectivity index (χ0v) is 10.3. The Morgan fingerprint density at radius 3 is 2.60 bits per heavy atom. The Balaban J connectivity index is 2.39. The number of likely N-dealkylation sites (N-methyl/N-ethyl adjacent to an activating group) is 1. The molecule has 0 aliphatic carbocycles. The standard InChI is InChI=1S/C11H19NO2S/c1-12-10(11(13-2)14-3)5-4-9-6-7-15-8-9/h6-8,10-12H,4-5H2,1-3H3. The molecule has 1 atom stereocenters. The fourth-order valence-corrected chi connectivity index (χ4v) is 2.30. The molecule has 1 N–H and O–H groups in total. The van der Waals surface area contributed by atoms with Crippen LogP contribution in [0.3, 0.4) is 0 Å². The molecular weight excluding hydrogens is 210 g/mol. The van der Waals surface area contributed by atoms with Crippen LogP contribution >= 0.6 is 11.3 Å². The average molecular weight is 229 g/mol. The minimum atomic E-state index is -0.173. The van der Waals surface area contributed by atoms with E-state index >= 15 is 0 Å². The van der Waals surface area contributed by atoms with Crippen molar-refractivity contribution in [3.63, 3.8) is 0 Å². The van der Waals surface area contributed by atoms with Gasteiger partial charge < -0.3 is 14.8 Å². The van der Waals surface area contributed by atoms with Crippen LogP contribution in [-0.2, 0) is 15.9 Å². The summed E-state index contributed by atoms with van der Waals surface area (Å²) < 4.78 is 10.5. The van der Waals surface area contributed by atoms with Gasteiger partial charge in [0.1, 0.15) is 0 Å². The molecule has 0 aliphatic heterocycles. The first-order valence-electron chi connectivity index (χ1n) is 5.05. The Hall–Kier alpha value is -0.420. The molecule has 4 heteroatoms. The monoisotopic (exact) mass is 229 g/mol. The largest absolute Gasteiger partial charge is 0.354 e. The van der Waals surface area contributed by atoms with E-state index in [-0.39, 0.29) is 12.3 Å². The number of thiophene rings is 1. The number of aryl methyl sites for hydroxylation is 1. The van der Waals surface area contributed by atoms with Gasteiger partial charge >= 0.3 is 0 Å². The Morgan fingerprint density at radius 2 is 2.13 bits per heavy atom. The van der Waals surface area contributed by atoms with Crippen LogP contribution in [0.4, 0.5) is 0 Å². The van der Waals surface area contributed by atoms with Crippen LogP contribution in [0.2, 0.25) is 0 Å². The first-order chi connectivity index (χ1) is 7.31. The summed E-state index contributed by atoms with van der Waals surface area (Å²) in [6, 6.07) is 2.39. The van der Waals surface area contributed by atoms with Gasteiger partial charge in [-0.1, -0.05) is 0 Å². The molecule has 1 aromatic rings. The van der Waals surface area contributed by atoms with Gasteiger partial charge in [-0.05, 0) is 42.3 Å². The van der Waals surface area contributed by atoms with Gasteiger partial charge in [0.2, 0.25) is 0 Å². The molecule has 0 aliphatic rings. The predicted molar refractivity (Wildman–Crippen MR) is 63.3 cm³/mol. The highest BCUT2D eigenvalue weighted by atomic mass is 32.1. The molecule has 3 nitrogen and oxygen atoms in total. The smallest absolute Gasteiger partial charge is 0.171 e. The molecule has 15 heavy (non-hydrogen) atoms. The maximum Gasteiger partial charge on any atom is 0.171 e. The van der Waals surface area contributed by atoms with Gasteiger partial charge in [-0.25, -0.2) is 0 Å². The second kappa shape index (κ2) is 6.95. The Kier molecular flexibility index (Phi) is 5.86. The van der Waals surface area contributed by atoms with Gasteiger partial charge in [0.15, 0.2) is 6.29 Å². The number of hydrogen-bond acceptors (Lipinski definition) is 4. The summed E-state index contributed by atoms with van der Waals surface area (Å²) in [5, 5.41) is 7.51. The molecule has 0 bridgehead atoms. The first kappa shape index (κ1) is 12.6. The van der Waals surface area contributed by atoms with E-state index in [0.29, 0.717) is 0 Å². The lowest BCUT2D eigenvalue weighted by molar-refractivity contribution is -0.122. The molecule has 1 rings (SSSR count). The summed E-state index contributed by atoms with van der Waals surface area (Å²) in [5.41, 5.74) is 1.38. The van der Waals surface area contributed by atoms with Crippen LogP contribution in [0.25, 0.3) is 0 Å². The van der Waals surface area contributed by atoms with E-state index in [2.05, 4.69) is 22.1 Å². The van der Waals surface area contributed by atoms with E-state index in [4.69, 9.17) is 9.47 Å². The van der Waals surface area contributed by atoms with E-state index < -0.39 is 0 Å². The summed E-state index contributed by atoms with van der Waals surface area (Å²) >= 11 is 1.74. The van der Waals surface area contributed by atoms with Crippen LogP contribution in [-0.4, -0.2) is 33.6 Å². The van der Waals surface area contributed by atoms with Gasteiger partial charge in [-0.2, -0.15) is 11.3 Å². The van der Waals surface area contributed by atoms with E-state index in [0.717, 1.165) is 12.8 Å². The van der Waals surface area contributed by atoms with E-state index in [1.165, 1.54) is 5.56 Å². The fraction of sp³-hybridized carbons (Fsp3) is 0.636. The summed E-state index contributed by atoms with van der Waals surface area (Å²) in [5.74, 6) is 0. The predicted octanol–water partition coefficient (Wildman–Crippen LogP) is 1.89. The zero-order chi connectivity index (χ0) is 11.1. The molecule has 0 saturated carbocycles. The highest BCUT2D eigenvalue weighted by Gasteiger charge is 2.18. The Morgan fingerprint density at radius 1 is 1.40 bits per heavy atom. The number of hydrogen-bond donors (Lipinski definition) is 1. The molecule has 0 spiro atoms. The summed E-state index contributed by atoms with van der Waals surface area (Å²) in [7, 11) is 5.27. The minimum absolute atomic E-state index is 0.173. The van der Waals surface area contributed by atoms with Crippen LogP contribution < -0.4 is 5.32 Å². The number of ether oxygens (including phenoxy) is 2. The van der Waals surface area contributed by atoms with Crippen molar-refractivity contribution < 1.29 is 9.47 Å². The zero-order valence-electron chi connectivity index (χ0n) is 9.53. The van der Waals surface area contributed by atoms with Crippen LogP contribution in [0, 0.1) is 0 Å². The van der Waals surface area contributed by atoms with Crippen molar-refractivity contribution in [2.24, 2.45) is 0 Å². The molecule has 1 aromatic heterocycles. The minimum Gasteiger partial charge on any atom is -0.354 e. The molecular formula is C11H19NO2S. The maximum atomic E-state index is 5.24. The molecule has 86 valence electrons. The molecule has 0 amide bonds. The first-order valence-corrected chi connectivity index (χ1v) is 6.00. The molecule has 0 aromatic carbocycles. The Bertz CT molecular complexity index is 247. The quantitative estimate of drug-likeness (QED) is 0.724.